The van der Waals surface area contributed by atoms with Crippen molar-refractivity contribution < 1.29 is 9.90 Å². The highest BCUT2D eigenvalue weighted by Gasteiger charge is 2.53. The van der Waals surface area contributed by atoms with Crippen LogP contribution in [0.1, 0.15) is 65.7 Å². The lowest BCUT2D eigenvalue weighted by molar-refractivity contribution is -0.140. The average molecular weight is 281 g/mol. The molecular weight excluding hydrogens is 250 g/mol. The molecule has 2 aliphatic rings. The van der Waals surface area contributed by atoms with E-state index in [1.807, 2.05) is 0 Å². The molecule has 2 unspecified atom stereocenters. The van der Waals surface area contributed by atoms with Gasteiger partial charge in [-0.1, -0.05) is 33.6 Å². The topological polar surface area (TPSA) is 49.3 Å². The molecule has 2 rings (SSSR count). The van der Waals surface area contributed by atoms with Gasteiger partial charge in [0, 0.05) is 0 Å². The van der Waals surface area contributed by atoms with E-state index in [0.717, 1.165) is 31.2 Å². The van der Waals surface area contributed by atoms with Crippen LogP contribution in [-0.4, -0.2) is 23.7 Å². The molecule has 4 atom stereocenters. The Labute approximate surface area is 123 Å². The van der Waals surface area contributed by atoms with Crippen LogP contribution in [0.25, 0.3) is 0 Å². The van der Waals surface area contributed by atoms with E-state index in [-0.39, 0.29) is 6.04 Å². The first-order valence-electron chi connectivity index (χ1n) is 8.43. The number of unbranched alkanes of at least 4 members (excludes halogenated alkanes) is 2. The number of carboxylic acid groups (broad SMARTS) is 1. The van der Waals surface area contributed by atoms with Gasteiger partial charge < -0.3 is 10.4 Å². The van der Waals surface area contributed by atoms with Crippen LogP contribution in [0.15, 0.2) is 0 Å². The molecular formula is C17H31NO2. The van der Waals surface area contributed by atoms with E-state index in [4.69, 9.17) is 0 Å². The molecule has 2 aliphatic carbocycles. The average Bonchev–Trinajstić information content (AvgIpc) is 2.81. The molecule has 0 aromatic heterocycles. The molecule has 116 valence electrons. The van der Waals surface area contributed by atoms with Crippen LogP contribution in [-0.2, 0) is 4.79 Å². The molecule has 0 spiro atoms. The fraction of sp³-hybridized carbons (Fsp3) is 0.941. The minimum Gasteiger partial charge on any atom is -0.480 e. The molecule has 0 saturated heterocycles. The third-order valence-electron chi connectivity index (χ3n) is 6.00. The van der Waals surface area contributed by atoms with Gasteiger partial charge in [-0.15, -0.1) is 0 Å². The molecule has 0 aliphatic heterocycles. The lowest BCUT2D eigenvalue weighted by atomic mass is 9.78. The van der Waals surface area contributed by atoms with E-state index >= 15 is 0 Å². The standard InChI is InChI=1S/C17H31NO2/c1-4-5-6-9-18-15(16(19)20)11-12-10-13-7-8-14(12)17(13,2)3/h12-15,18H,4-11H2,1-3H3,(H,19,20)/t12-,13?,14?,15-/m1/s1. The van der Waals surface area contributed by atoms with E-state index in [9.17, 15) is 9.90 Å². The quantitative estimate of drug-likeness (QED) is 0.667. The normalized spacial score (nSPS) is 32.5. The number of carboxylic acids is 1. The zero-order valence-corrected chi connectivity index (χ0v) is 13.3. The third kappa shape index (κ3) is 3.19. The summed E-state index contributed by atoms with van der Waals surface area (Å²) in [6, 6.07) is -0.341. The van der Waals surface area contributed by atoms with Gasteiger partial charge >= 0.3 is 5.97 Å². The summed E-state index contributed by atoms with van der Waals surface area (Å²) in [7, 11) is 0. The zero-order chi connectivity index (χ0) is 14.8. The summed E-state index contributed by atoms with van der Waals surface area (Å²) in [5.41, 5.74) is 0.440. The summed E-state index contributed by atoms with van der Waals surface area (Å²) in [6.45, 7) is 7.79. The highest BCUT2D eigenvalue weighted by molar-refractivity contribution is 5.73. The number of fused-ring (bicyclic) bond motifs is 2. The Morgan fingerprint density at radius 1 is 1.35 bits per heavy atom. The van der Waals surface area contributed by atoms with Crippen LogP contribution < -0.4 is 5.32 Å². The van der Waals surface area contributed by atoms with Crippen LogP contribution in [0.4, 0.5) is 0 Å². The molecule has 0 heterocycles. The van der Waals surface area contributed by atoms with Gasteiger partial charge in [-0.2, -0.15) is 0 Å². The lowest BCUT2D eigenvalue weighted by Gasteiger charge is -2.28. The number of aliphatic carboxylic acids is 1. The monoisotopic (exact) mass is 281 g/mol. The molecule has 0 aromatic rings. The molecule has 3 heteroatoms. The fourth-order valence-electron chi connectivity index (χ4n) is 4.71. The second-order valence-electron chi connectivity index (χ2n) is 7.49. The van der Waals surface area contributed by atoms with E-state index < -0.39 is 5.97 Å². The van der Waals surface area contributed by atoms with Crippen LogP contribution in [0.5, 0.6) is 0 Å². The molecule has 20 heavy (non-hydrogen) atoms. The van der Waals surface area contributed by atoms with Gasteiger partial charge in [0.2, 0.25) is 0 Å². The minimum atomic E-state index is -0.665. The van der Waals surface area contributed by atoms with Crippen molar-refractivity contribution in [3.63, 3.8) is 0 Å². The van der Waals surface area contributed by atoms with Gasteiger partial charge in [0.25, 0.3) is 0 Å². The van der Waals surface area contributed by atoms with E-state index in [0.29, 0.717) is 11.3 Å². The van der Waals surface area contributed by atoms with Crippen LogP contribution in [0.2, 0.25) is 0 Å². The van der Waals surface area contributed by atoms with Crippen molar-refractivity contribution in [1.82, 2.24) is 5.32 Å². The summed E-state index contributed by atoms with van der Waals surface area (Å²) in [5.74, 6) is 1.52. The van der Waals surface area contributed by atoms with Crippen molar-refractivity contribution in [2.45, 2.75) is 71.8 Å². The Hall–Kier alpha value is -0.570. The summed E-state index contributed by atoms with van der Waals surface area (Å²) in [4.78, 5) is 11.5. The zero-order valence-electron chi connectivity index (χ0n) is 13.3. The van der Waals surface area contributed by atoms with Crippen molar-refractivity contribution in [2.75, 3.05) is 6.54 Å². The van der Waals surface area contributed by atoms with Crippen molar-refractivity contribution in [1.29, 1.82) is 0 Å². The Bertz CT molecular complexity index is 340. The predicted molar refractivity (Wildman–Crippen MR) is 81.7 cm³/mol. The van der Waals surface area contributed by atoms with Crippen molar-refractivity contribution in [3.05, 3.63) is 0 Å². The Morgan fingerprint density at radius 2 is 2.10 bits per heavy atom. The maximum absolute atomic E-state index is 11.5. The first-order chi connectivity index (χ1) is 9.46. The molecule has 2 N–H and O–H groups in total. The Kier molecular flexibility index (Phi) is 5.11. The summed E-state index contributed by atoms with van der Waals surface area (Å²) in [5, 5.41) is 12.7. The minimum absolute atomic E-state index is 0.341. The van der Waals surface area contributed by atoms with Crippen LogP contribution in [0.3, 0.4) is 0 Å². The molecule has 0 amide bonds. The number of rotatable bonds is 8. The summed E-state index contributed by atoms with van der Waals surface area (Å²) < 4.78 is 0. The molecule has 0 radical (unpaired) electrons. The SMILES string of the molecule is CCCCCN[C@H](C[C@H]1CC2CCC1C2(C)C)C(=O)O. The van der Waals surface area contributed by atoms with Gasteiger partial charge in [-0.05, 0) is 61.8 Å². The first kappa shape index (κ1) is 15.8. The number of hydrogen-bond acceptors (Lipinski definition) is 2. The first-order valence-corrected chi connectivity index (χ1v) is 8.43. The van der Waals surface area contributed by atoms with Gasteiger partial charge in [-0.3, -0.25) is 4.79 Å². The van der Waals surface area contributed by atoms with Gasteiger partial charge in [0.15, 0.2) is 0 Å². The van der Waals surface area contributed by atoms with Crippen LogP contribution in [0, 0.1) is 23.2 Å². The van der Waals surface area contributed by atoms with Gasteiger partial charge in [0.1, 0.15) is 6.04 Å². The molecule has 3 nitrogen and oxygen atoms in total. The highest BCUT2D eigenvalue weighted by atomic mass is 16.4. The van der Waals surface area contributed by atoms with Gasteiger partial charge in [0.05, 0.1) is 0 Å². The van der Waals surface area contributed by atoms with Crippen molar-refractivity contribution >= 4 is 5.97 Å². The number of nitrogens with one attached hydrogen (secondary N) is 1. The lowest BCUT2D eigenvalue weighted by Crippen LogP contribution is -2.39. The maximum Gasteiger partial charge on any atom is 0.320 e. The summed E-state index contributed by atoms with van der Waals surface area (Å²) >= 11 is 0. The van der Waals surface area contributed by atoms with E-state index in [2.05, 4.69) is 26.1 Å². The Morgan fingerprint density at radius 3 is 2.60 bits per heavy atom. The molecule has 2 saturated carbocycles. The molecule has 2 fully saturated rings. The summed E-state index contributed by atoms with van der Waals surface area (Å²) in [6.07, 6.45) is 8.19. The number of hydrogen-bond donors (Lipinski definition) is 2. The third-order valence-corrected chi connectivity index (χ3v) is 6.00. The van der Waals surface area contributed by atoms with E-state index in [1.165, 1.54) is 32.1 Å². The van der Waals surface area contributed by atoms with Crippen LogP contribution >= 0.6 is 0 Å². The Balaban J connectivity index is 1.85. The predicted octanol–water partition coefficient (Wildman–Crippen LogP) is 3.68. The number of carbonyl (C=O) groups is 1. The van der Waals surface area contributed by atoms with Crippen molar-refractivity contribution in [2.24, 2.45) is 23.2 Å². The van der Waals surface area contributed by atoms with Gasteiger partial charge in [-0.25, -0.2) is 0 Å². The molecule has 2 bridgehead atoms. The maximum atomic E-state index is 11.5. The largest absolute Gasteiger partial charge is 0.480 e. The second-order valence-corrected chi connectivity index (χ2v) is 7.49. The molecule has 0 aromatic carbocycles. The smallest absolute Gasteiger partial charge is 0.320 e. The fourth-order valence-corrected chi connectivity index (χ4v) is 4.71. The second kappa shape index (κ2) is 6.46. The highest BCUT2D eigenvalue weighted by Crippen LogP contribution is 2.61. The van der Waals surface area contributed by atoms with E-state index in [1.54, 1.807) is 0 Å². The van der Waals surface area contributed by atoms with Crippen molar-refractivity contribution in [3.8, 4) is 0 Å².